The third-order valence-electron chi connectivity index (χ3n) is 0.293. The van der Waals surface area contributed by atoms with Crippen LogP contribution in [0.5, 0.6) is 0 Å². The van der Waals surface area contributed by atoms with Gasteiger partial charge in [-0.3, -0.25) is 0 Å². The molecule has 0 aromatic heterocycles. The fourth-order valence-electron chi connectivity index (χ4n) is 0. The minimum atomic E-state index is -4.89. The zero-order valence-electron chi connectivity index (χ0n) is 9.77. The molecule has 0 aromatic rings. The first-order valence-electron chi connectivity index (χ1n) is 1.37. The first-order valence-corrected chi connectivity index (χ1v) is 1.37. The summed E-state index contributed by atoms with van der Waals surface area (Å²) in [6.45, 7) is 0. The van der Waals surface area contributed by atoms with Crippen molar-refractivity contribution in [1.29, 1.82) is 0 Å². The molecule has 0 aromatic carbocycles. The van der Waals surface area contributed by atoms with Crippen LogP contribution in [0.2, 0.25) is 0 Å². The first kappa shape index (κ1) is 73.8. The number of aliphatic hydroxyl groups is 2. The molecule has 0 aliphatic rings. The van der Waals surface area contributed by atoms with E-state index in [2.05, 4.69) is 0 Å². The molecule has 2 nitrogen and oxygen atoms in total. The largest absolute Gasteiger partial charge is 3.00 e. The Hall–Kier alpha value is 0.957. The maximum Gasteiger partial charge on any atom is 3.00 e. The summed E-state index contributed by atoms with van der Waals surface area (Å²) in [5, 5.41) is 14.6. The summed E-state index contributed by atoms with van der Waals surface area (Å²) in [5.41, 5.74) is 0. The molecule has 0 heterocycles. The van der Waals surface area contributed by atoms with Crippen molar-refractivity contribution in [1.82, 2.24) is 0 Å². The van der Waals surface area contributed by atoms with Crippen molar-refractivity contribution in [3.63, 3.8) is 0 Å². The quantitative estimate of drug-likeness (QED) is 0.365. The van der Waals surface area contributed by atoms with Gasteiger partial charge < -0.3 is 54.8 Å². The van der Waals surface area contributed by atoms with Gasteiger partial charge in [-0.25, -0.2) is 0 Å². The third-order valence-corrected chi connectivity index (χ3v) is 0.293. The second-order valence-electron chi connectivity index (χ2n) is 0.915. The third kappa shape index (κ3) is 51.9. The molecule has 2 N–H and O–H groups in total. The molecule has 0 bridgehead atoms. The van der Waals surface area contributed by atoms with Gasteiger partial charge in [-0.2, -0.15) is 13.2 Å². The fourth-order valence-corrected chi connectivity index (χ4v) is 0. The number of alkyl halides is 3. The number of rotatable bonds is 0. The summed E-state index contributed by atoms with van der Waals surface area (Å²) in [6.07, 6.45) is -8.09. The predicted molar refractivity (Wildman–Crippen MR) is 52.8 cm³/mol. The van der Waals surface area contributed by atoms with Crippen molar-refractivity contribution in [3.8, 4) is 0 Å². The van der Waals surface area contributed by atoms with Crippen LogP contribution in [0.25, 0.3) is 0 Å². The topological polar surface area (TPSA) is 40.5 Å². The molecule has 0 radical (unpaired) electrons. The summed E-state index contributed by atoms with van der Waals surface area (Å²) in [6, 6.07) is 0. The molecule has 0 aliphatic carbocycles. The zero-order valence-corrected chi connectivity index (χ0v) is 13.0. The van der Waals surface area contributed by atoms with E-state index in [1.165, 1.54) is 0 Å². The van der Waals surface area contributed by atoms with Crippen LogP contribution in [-0.4, -0.2) is 22.7 Å². The van der Waals surface area contributed by atoms with Crippen LogP contribution < -0.4 is 0 Å². The van der Waals surface area contributed by atoms with E-state index in [0.29, 0.717) is 0 Å². The van der Waals surface area contributed by atoms with Crippen LogP contribution in [0.1, 0.15) is 0 Å². The molecular weight excluding hydrogens is 391 g/mol. The van der Waals surface area contributed by atoms with Crippen molar-refractivity contribution in [3.05, 3.63) is 44.6 Å². The number of hydrogen-bond acceptors (Lipinski definition) is 2. The Morgan fingerprint density at radius 3 is 0.733 bits per heavy atom. The Labute approximate surface area is 119 Å². The van der Waals surface area contributed by atoms with Crippen LogP contribution in [0, 0.1) is 44.6 Å². The van der Waals surface area contributed by atoms with E-state index < -0.39 is 12.5 Å². The fraction of sp³-hybridized carbons (Fsp3) is 0.250. The number of hydrogen-bond donors (Lipinski definition) is 2. The summed E-state index contributed by atoms with van der Waals surface area (Å²) in [7, 11) is 0. The number of halogens is 3. The molecule has 104 valence electrons. The van der Waals surface area contributed by atoms with Crippen molar-refractivity contribution in [2.75, 3.05) is 0 Å². The molecule has 0 aliphatic heterocycles. The minimum absolute atomic E-state index is 0. The zero-order chi connectivity index (χ0) is 6.08. The Balaban J connectivity index is -0.00000000643. The van der Waals surface area contributed by atoms with Gasteiger partial charge in [0.05, 0.1) is 0 Å². The summed E-state index contributed by atoms with van der Waals surface area (Å²) in [4.78, 5) is 0. The first-order chi connectivity index (χ1) is 2.94. The van der Waals surface area contributed by atoms with Crippen molar-refractivity contribution >= 4 is 0 Å². The van der Waals surface area contributed by atoms with Gasteiger partial charge in [0.25, 0.3) is 6.29 Å². The van der Waals surface area contributed by atoms with E-state index >= 15 is 0 Å². The Morgan fingerprint density at radius 2 is 0.733 bits per heavy atom. The average Bonchev–Trinajstić information content (AvgIpc) is 1.31. The molecular formula is C8H21F3O2Rh2. The second-order valence-corrected chi connectivity index (χ2v) is 0.915. The van der Waals surface area contributed by atoms with E-state index in [4.69, 9.17) is 10.2 Å². The molecule has 0 atom stereocenters. The molecule has 0 saturated carbocycles. The normalized spacial score (nSPS) is 6.00. The molecule has 0 fully saturated rings. The standard InChI is InChI=1S/C2H3F3O2.6CH3.2Rh/c3-2(4,5)1(6)7;;;;;;;;/h1,6-7H;6*1H3;;/q;6*-1;2*+3. The van der Waals surface area contributed by atoms with E-state index in [1.807, 2.05) is 0 Å². The van der Waals surface area contributed by atoms with Crippen LogP contribution in [0.3, 0.4) is 0 Å². The molecule has 0 rings (SSSR count). The Morgan fingerprint density at radius 1 is 0.667 bits per heavy atom. The monoisotopic (exact) mass is 412 g/mol. The van der Waals surface area contributed by atoms with Crippen molar-refractivity contribution < 1.29 is 62.3 Å². The van der Waals surface area contributed by atoms with Gasteiger partial charge in [0.2, 0.25) is 0 Å². The smallest absolute Gasteiger partial charge is 0.361 e. The van der Waals surface area contributed by atoms with Crippen LogP contribution in [0.4, 0.5) is 13.2 Å². The maximum absolute atomic E-state index is 10.7. The van der Waals surface area contributed by atoms with Gasteiger partial charge in [-0.15, -0.1) is 0 Å². The molecule has 7 heteroatoms. The molecule has 0 spiro atoms. The van der Waals surface area contributed by atoms with Crippen LogP contribution in [0.15, 0.2) is 0 Å². The van der Waals surface area contributed by atoms with Gasteiger partial charge in [-0.05, 0) is 0 Å². The maximum atomic E-state index is 10.7. The van der Waals surface area contributed by atoms with E-state index in [9.17, 15) is 13.2 Å². The van der Waals surface area contributed by atoms with Crippen LogP contribution in [-0.2, 0) is 39.0 Å². The van der Waals surface area contributed by atoms with E-state index in [0.717, 1.165) is 0 Å². The van der Waals surface area contributed by atoms with Crippen molar-refractivity contribution in [2.24, 2.45) is 0 Å². The van der Waals surface area contributed by atoms with Gasteiger partial charge >= 0.3 is 45.1 Å². The molecule has 15 heavy (non-hydrogen) atoms. The van der Waals surface area contributed by atoms with Gasteiger partial charge in [-0.1, -0.05) is 0 Å². The van der Waals surface area contributed by atoms with Crippen LogP contribution >= 0.6 is 0 Å². The molecule has 0 amide bonds. The Kier molecular flexibility index (Phi) is 145. The summed E-state index contributed by atoms with van der Waals surface area (Å²) < 4.78 is 32.0. The Bertz CT molecular complexity index is 71.4. The average molecular weight is 412 g/mol. The predicted octanol–water partition coefficient (Wildman–Crippen LogP) is 2.56. The summed E-state index contributed by atoms with van der Waals surface area (Å²) in [5.74, 6) is 0. The van der Waals surface area contributed by atoms with E-state index in [1.54, 1.807) is 0 Å². The molecule has 0 unspecified atom stereocenters. The van der Waals surface area contributed by atoms with Gasteiger partial charge in [0.1, 0.15) is 0 Å². The van der Waals surface area contributed by atoms with Gasteiger partial charge in [0.15, 0.2) is 0 Å². The van der Waals surface area contributed by atoms with E-state index in [-0.39, 0.29) is 83.5 Å². The molecule has 0 saturated heterocycles. The number of aliphatic hydroxyl groups excluding tert-OH is 1. The SMILES string of the molecule is OC(O)C(F)(F)F.[CH3-].[CH3-].[CH3-].[CH3-].[CH3-].[CH3-].[Rh+3].[Rh+3]. The minimum Gasteiger partial charge on any atom is -0.361 e. The van der Waals surface area contributed by atoms with Crippen molar-refractivity contribution in [2.45, 2.75) is 12.5 Å². The second kappa shape index (κ2) is 29.4. The van der Waals surface area contributed by atoms with Gasteiger partial charge in [0, 0.05) is 0 Å². The summed E-state index contributed by atoms with van der Waals surface area (Å²) >= 11 is 0.